The molecule has 792 valence electrons. The van der Waals surface area contributed by atoms with Crippen LogP contribution in [0.15, 0.2) is 36.5 Å². The minimum atomic E-state index is -0.240. The van der Waals surface area contributed by atoms with E-state index in [1.54, 1.807) is 4.90 Å². The first-order chi connectivity index (χ1) is 65.5. The van der Waals surface area contributed by atoms with E-state index in [1.807, 2.05) is 70.3 Å². The maximum atomic E-state index is 13.1. The molecular formula is C111H210N6O15S3. The molecule has 0 aromatic rings. The van der Waals surface area contributed by atoms with Gasteiger partial charge < -0.3 is 57.8 Å². The summed E-state index contributed by atoms with van der Waals surface area (Å²) in [4.78, 5) is 126. The van der Waals surface area contributed by atoms with Crippen molar-refractivity contribution in [2.24, 2.45) is 0 Å². The molecule has 0 aliphatic rings. The van der Waals surface area contributed by atoms with E-state index < -0.39 is 0 Å². The summed E-state index contributed by atoms with van der Waals surface area (Å²) in [6.07, 6.45) is 76.1. The van der Waals surface area contributed by atoms with Crippen molar-refractivity contribution in [1.82, 2.24) is 29.4 Å². The number of unbranched alkanes of at least 4 members (excludes halogenated alkanes) is 36. The van der Waals surface area contributed by atoms with Crippen LogP contribution in [-0.2, 0) is 57.2 Å². The van der Waals surface area contributed by atoms with Crippen LogP contribution in [0, 0.1) is 0 Å². The first-order valence-corrected chi connectivity index (χ1v) is 58.2. The number of carbonyl (C=O) groups excluding carboxylic acids is 9. The van der Waals surface area contributed by atoms with E-state index in [-0.39, 0.29) is 76.3 Å². The summed E-state index contributed by atoms with van der Waals surface area (Å²) >= 11 is 3.99. The monoisotopic (exact) mass is 1960 g/mol. The Morgan fingerprint density at radius 3 is 0.637 bits per heavy atom. The molecule has 0 rings (SSSR count). The predicted molar refractivity (Wildman–Crippen MR) is 576 cm³/mol. The van der Waals surface area contributed by atoms with Gasteiger partial charge in [-0.3, -0.25) is 43.2 Å². The van der Waals surface area contributed by atoms with Gasteiger partial charge in [-0.2, -0.15) is 0 Å². The molecule has 0 fully saturated rings. The molecule has 0 spiro atoms. The van der Waals surface area contributed by atoms with Crippen molar-refractivity contribution < 1.29 is 71.6 Å². The van der Waals surface area contributed by atoms with Crippen molar-refractivity contribution in [2.45, 2.75) is 485 Å². The van der Waals surface area contributed by atoms with Gasteiger partial charge >= 0.3 is 35.8 Å². The summed E-state index contributed by atoms with van der Waals surface area (Å²) in [7, 11) is 12.0. The van der Waals surface area contributed by atoms with Gasteiger partial charge in [0, 0.05) is 115 Å². The maximum Gasteiger partial charge on any atom is 0.306 e. The van der Waals surface area contributed by atoms with Crippen molar-refractivity contribution in [3.8, 4) is 0 Å². The molecule has 21 nitrogen and oxygen atoms in total. The molecule has 0 saturated heterocycles. The normalized spacial score (nSPS) is 11.5. The molecule has 0 aliphatic carbocycles. The van der Waals surface area contributed by atoms with Crippen molar-refractivity contribution in [3.05, 3.63) is 36.5 Å². The Kier molecular flexibility index (Phi) is 105. The van der Waals surface area contributed by atoms with Crippen molar-refractivity contribution in [3.63, 3.8) is 0 Å². The highest BCUT2D eigenvalue weighted by Gasteiger charge is 2.23. The van der Waals surface area contributed by atoms with E-state index >= 15 is 0 Å². The zero-order valence-corrected chi connectivity index (χ0v) is 92.3. The molecule has 0 atom stereocenters. The molecule has 0 radical (unpaired) electrons. The third kappa shape index (κ3) is 99.3. The molecule has 0 N–H and O–H groups in total. The van der Waals surface area contributed by atoms with Crippen LogP contribution in [0.1, 0.15) is 467 Å². The summed E-state index contributed by atoms with van der Waals surface area (Å²) in [5.41, 5.74) is 0. The first-order valence-electron chi connectivity index (χ1n) is 55.2. The van der Waals surface area contributed by atoms with Crippen LogP contribution in [0.3, 0.4) is 0 Å². The molecule has 24 heteroatoms. The predicted octanol–water partition coefficient (Wildman–Crippen LogP) is 29.9. The zero-order chi connectivity index (χ0) is 100. The fourth-order valence-electron chi connectivity index (χ4n) is 15.2. The van der Waals surface area contributed by atoms with E-state index in [4.69, 9.17) is 28.4 Å². The fourth-order valence-corrected chi connectivity index (χ4v) is 18.2. The van der Waals surface area contributed by atoms with Crippen LogP contribution < -0.4 is 0 Å². The van der Waals surface area contributed by atoms with E-state index in [1.165, 1.54) is 241 Å². The molecule has 0 aliphatic heterocycles. The first kappa shape index (κ1) is 135. The summed E-state index contributed by atoms with van der Waals surface area (Å²) in [6.45, 7) is 26.7. The number of carbonyl (C=O) groups is 9. The standard InChI is InChI=1S/C39H74N2O5S.C37H70N2O5S.C35H66N2O5S/c1-6-9-12-15-16-19-25-34-45-37(42)29-23-20-24-31-41(39(44)47-35-33-40(4)5)32-26-30-38(43)46-36(27-21-17-13-10-7-2)28-22-18-14-11-8-3;1-6-9-12-15-16-17-23-32-43-35(40)27-21-18-22-29-39(37(42)45-33-31-38(4)5)30-24-28-36(41)44-34(25-19-13-10-7-2)26-20-14-11-8-3;1-6-9-12-15-16-17-20-30-41-33(38)25-21-27-37(35(40)43-31-29-36(4)5)28-22-26-34(39)42-32(23-18-13-10-7-2)24-19-14-11-8-3/h19,25,36H,6-18,20-24,26-35H2,1-5H3;17,23,34H,6-16,18-22,24-33H2,1-5H3;17,20,32H,6-16,18-19,21-31H2,1-5H3/b25-19-;23-17-;20-17-. The zero-order valence-electron chi connectivity index (χ0n) is 89.9. The molecule has 0 bridgehead atoms. The Labute approximate surface area is 842 Å². The average Bonchev–Trinajstić information content (AvgIpc) is 0.949. The Morgan fingerprint density at radius 1 is 0.215 bits per heavy atom. The minimum absolute atomic E-state index is 0.000633. The summed E-state index contributed by atoms with van der Waals surface area (Å²) in [6, 6.07) is 0. The molecule has 0 aromatic carbocycles. The van der Waals surface area contributed by atoms with E-state index in [9.17, 15) is 43.2 Å². The highest BCUT2D eigenvalue weighted by molar-refractivity contribution is 8.14. The quantitative estimate of drug-likeness (QED) is 0.0238. The van der Waals surface area contributed by atoms with E-state index in [2.05, 4.69) is 95.2 Å². The molecule has 0 saturated carbocycles. The number of amides is 3. The van der Waals surface area contributed by atoms with Crippen LogP contribution in [0.5, 0.6) is 0 Å². The molecule has 0 unspecified atom stereocenters. The lowest BCUT2D eigenvalue weighted by atomic mass is 10.0. The average molecular weight is 1970 g/mol. The van der Waals surface area contributed by atoms with Gasteiger partial charge in [-0.25, -0.2) is 0 Å². The van der Waals surface area contributed by atoms with Crippen molar-refractivity contribution >= 4 is 86.8 Å². The number of nitrogens with zero attached hydrogens (tertiary/aromatic N) is 6. The third-order valence-electron chi connectivity index (χ3n) is 23.8. The molecule has 0 aromatic heterocycles. The van der Waals surface area contributed by atoms with Gasteiger partial charge in [0.1, 0.15) is 38.1 Å². The van der Waals surface area contributed by atoms with Gasteiger partial charge in [-0.1, -0.05) is 333 Å². The number of rotatable bonds is 93. The van der Waals surface area contributed by atoms with Crippen LogP contribution in [0.4, 0.5) is 14.4 Å². The number of esters is 6. The van der Waals surface area contributed by atoms with Crippen LogP contribution in [-0.4, -0.2) is 238 Å². The lowest BCUT2D eigenvalue weighted by Gasteiger charge is -2.23. The van der Waals surface area contributed by atoms with Crippen LogP contribution in [0.25, 0.3) is 0 Å². The number of hydrogen-bond donors (Lipinski definition) is 0. The molecular weight excluding hydrogens is 1750 g/mol. The fraction of sp³-hybridized carbons (Fsp3) is 0.865. The number of thioether (sulfide) groups is 3. The van der Waals surface area contributed by atoms with Crippen molar-refractivity contribution in [2.75, 3.05) is 138 Å². The van der Waals surface area contributed by atoms with Gasteiger partial charge in [-0.15, -0.1) is 0 Å². The number of allylic oxidation sites excluding steroid dienone is 3. The van der Waals surface area contributed by atoms with Crippen molar-refractivity contribution in [1.29, 1.82) is 0 Å². The van der Waals surface area contributed by atoms with Gasteiger partial charge in [0.15, 0.2) is 0 Å². The Bertz CT molecular complexity index is 2780. The SMILES string of the molecule is CCCCCC/C=C\COC(=O)CCCCCN(CCCC(=O)OC(CCCCCC)CCCCCC)C(=O)SCCN(C)C.CCCCCC/C=C\COC(=O)CCCCCN(CCCC(=O)OC(CCCCCCC)CCCCCCC)C(=O)SCCN(C)C.CCCCCC/C=C\COC(=O)CCCN(CCCC(=O)OC(CCCCCC)CCCCCC)C(=O)SCCN(C)C. The second kappa shape index (κ2) is 105. The minimum Gasteiger partial charge on any atom is -0.462 e. The summed E-state index contributed by atoms with van der Waals surface area (Å²) < 4.78 is 33.8. The molecule has 135 heavy (non-hydrogen) atoms. The van der Waals surface area contributed by atoms with Crippen LogP contribution in [0.2, 0.25) is 0 Å². The number of hydrogen-bond acceptors (Lipinski definition) is 21. The molecule has 0 heterocycles. The largest absolute Gasteiger partial charge is 0.462 e. The maximum absolute atomic E-state index is 13.1. The smallest absolute Gasteiger partial charge is 0.306 e. The Balaban J connectivity index is -0.00000194. The van der Waals surface area contributed by atoms with Gasteiger partial charge in [0.2, 0.25) is 0 Å². The second-order valence-electron chi connectivity index (χ2n) is 37.9. The van der Waals surface area contributed by atoms with Gasteiger partial charge in [0.25, 0.3) is 15.7 Å². The van der Waals surface area contributed by atoms with Gasteiger partial charge in [0.05, 0.1) is 0 Å². The summed E-state index contributed by atoms with van der Waals surface area (Å²) in [5.74, 6) is 1.19. The van der Waals surface area contributed by atoms with Crippen LogP contribution >= 0.6 is 35.3 Å². The Hall–Kier alpha value is -4.62. The Morgan fingerprint density at radius 2 is 0.407 bits per heavy atom. The van der Waals surface area contributed by atoms with E-state index in [0.29, 0.717) is 123 Å². The highest BCUT2D eigenvalue weighted by Crippen LogP contribution is 2.24. The number of ether oxygens (including phenoxy) is 6. The van der Waals surface area contributed by atoms with E-state index in [0.717, 1.165) is 166 Å². The highest BCUT2D eigenvalue weighted by atomic mass is 32.2. The third-order valence-corrected chi connectivity index (χ3v) is 26.5. The topological polar surface area (TPSA) is 228 Å². The lowest BCUT2D eigenvalue weighted by Crippen LogP contribution is -2.31. The lowest BCUT2D eigenvalue weighted by molar-refractivity contribution is -0.151. The molecule has 3 amide bonds. The summed E-state index contributed by atoms with van der Waals surface area (Å²) in [5, 5.41) is 0.133. The second-order valence-corrected chi connectivity index (χ2v) is 41.0. The van der Waals surface area contributed by atoms with Gasteiger partial charge in [-0.05, 0) is 209 Å².